The maximum atomic E-state index is 12.7. The van der Waals surface area contributed by atoms with Crippen LogP contribution < -0.4 is 10.6 Å². The molecule has 0 radical (unpaired) electrons. The molecule has 3 rings (SSSR count). The van der Waals surface area contributed by atoms with Gasteiger partial charge in [-0.3, -0.25) is 4.79 Å². The fraction of sp³-hybridized carbons (Fsp3) is 0.320. The van der Waals surface area contributed by atoms with Crippen molar-refractivity contribution in [2.45, 2.75) is 51.6 Å². The molecule has 1 unspecified atom stereocenters. The summed E-state index contributed by atoms with van der Waals surface area (Å²) in [6, 6.07) is 14.7. The molecule has 2 aromatic carbocycles. The molecule has 1 aliphatic rings. The summed E-state index contributed by atoms with van der Waals surface area (Å²) < 4.78 is 0. The minimum Gasteiger partial charge on any atom is -0.478 e. The van der Waals surface area contributed by atoms with Gasteiger partial charge in [-0.1, -0.05) is 37.3 Å². The first-order chi connectivity index (χ1) is 15.0. The van der Waals surface area contributed by atoms with Crippen molar-refractivity contribution in [3.63, 3.8) is 0 Å². The second kappa shape index (κ2) is 10.4. The van der Waals surface area contributed by atoms with Gasteiger partial charge in [0.1, 0.15) is 11.6 Å². The van der Waals surface area contributed by atoms with E-state index in [1.807, 2.05) is 13.0 Å². The highest BCUT2D eigenvalue weighted by Gasteiger charge is 2.18. The molecule has 31 heavy (non-hydrogen) atoms. The van der Waals surface area contributed by atoms with E-state index in [-0.39, 0.29) is 17.2 Å². The van der Waals surface area contributed by atoms with Gasteiger partial charge >= 0.3 is 5.97 Å². The number of rotatable bonds is 8. The Morgan fingerprint density at radius 2 is 1.84 bits per heavy atom. The third-order valence-corrected chi connectivity index (χ3v) is 5.61. The molecule has 1 aliphatic carbocycles. The van der Waals surface area contributed by atoms with Crippen LogP contribution in [0.15, 0.2) is 54.2 Å². The van der Waals surface area contributed by atoms with E-state index in [1.165, 1.54) is 42.3 Å². The van der Waals surface area contributed by atoms with Crippen LogP contribution in [0.4, 0.5) is 0 Å². The fourth-order valence-corrected chi connectivity index (χ4v) is 3.81. The molecule has 6 heteroatoms. The maximum absolute atomic E-state index is 12.7. The van der Waals surface area contributed by atoms with E-state index in [4.69, 9.17) is 5.11 Å². The highest BCUT2D eigenvalue weighted by molar-refractivity contribution is 5.97. The molecule has 0 aromatic heterocycles. The highest BCUT2D eigenvalue weighted by Crippen LogP contribution is 2.26. The zero-order valence-electron chi connectivity index (χ0n) is 17.6. The number of carbonyl (C=O) groups excluding carboxylic acids is 1. The number of amides is 1. The highest BCUT2D eigenvalue weighted by atomic mass is 16.4. The Kier molecular flexibility index (Phi) is 7.45. The lowest BCUT2D eigenvalue weighted by atomic mass is 9.88. The van der Waals surface area contributed by atoms with E-state index in [9.17, 15) is 14.9 Å². The van der Waals surface area contributed by atoms with Gasteiger partial charge in [-0.15, -0.1) is 0 Å². The summed E-state index contributed by atoms with van der Waals surface area (Å²) in [4.78, 5) is 23.6. The topological polar surface area (TPSA) is 102 Å². The van der Waals surface area contributed by atoms with Crippen LogP contribution in [-0.4, -0.2) is 17.0 Å². The first-order valence-corrected chi connectivity index (χ1v) is 10.6. The normalized spacial score (nSPS) is 14.1. The van der Waals surface area contributed by atoms with Gasteiger partial charge < -0.3 is 15.7 Å². The lowest BCUT2D eigenvalue weighted by molar-refractivity contribution is -0.117. The van der Waals surface area contributed by atoms with E-state index in [1.54, 1.807) is 12.1 Å². The smallest absolute Gasteiger partial charge is 0.335 e. The van der Waals surface area contributed by atoms with Crippen LogP contribution in [0.2, 0.25) is 0 Å². The molecule has 0 fully saturated rings. The van der Waals surface area contributed by atoms with Crippen LogP contribution in [0.25, 0.3) is 0 Å². The number of aryl methyl sites for hydroxylation is 2. The summed E-state index contributed by atoms with van der Waals surface area (Å²) in [5.41, 5.74) is 4.89. The van der Waals surface area contributed by atoms with E-state index in [0.29, 0.717) is 6.54 Å². The number of carboxylic acid groups (broad SMARTS) is 1. The minimum absolute atomic E-state index is 0.00133. The summed E-state index contributed by atoms with van der Waals surface area (Å²) in [5.74, 6) is -1.40. The molecule has 1 amide bonds. The lowest BCUT2D eigenvalue weighted by Gasteiger charge is -2.21. The number of carboxylic acids is 1. The standard InChI is InChI=1S/C25H27N3O3/c1-2-23(21-12-11-18-5-3-4-6-20(18)13-21)28-24(29)22(14-26)16-27-15-17-7-9-19(10-8-17)25(30)31/h7-13,16,23,27H,2-6,15H2,1H3,(H,28,29)(H,30,31)/b22-16-. The quantitative estimate of drug-likeness (QED) is 0.445. The van der Waals surface area contributed by atoms with Gasteiger partial charge in [0.2, 0.25) is 0 Å². The largest absolute Gasteiger partial charge is 0.478 e. The first kappa shape index (κ1) is 22.1. The van der Waals surface area contributed by atoms with Gasteiger partial charge in [-0.05, 0) is 66.5 Å². The Balaban J connectivity index is 1.62. The van der Waals surface area contributed by atoms with Crippen LogP contribution in [0, 0.1) is 11.3 Å². The molecule has 0 saturated heterocycles. The number of hydrogen-bond acceptors (Lipinski definition) is 4. The molecule has 0 bridgehead atoms. The van der Waals surface area contributed by atoms with Crippen LogP contribution in [0.3, 0.4) is 0 Å². The van der Waals surface area contributed by atoms with E-state index >= 15 is 0 Å². The van der Waals surface area contributed by atoms with Gasteiger partial charge in [0.15, 0.2) is 0 Å². The van der Waals surface area contributed by atoms with E-state index in [2.05, 4.69) is 28.8 Å². The molecule has 0 aliphatic heterocycles. The predicted octanol–water partition coefficient (Wildman–Crippen LogP) is 4.03. The van der Waals surface area contributed by atoms with Crippen molar-refractivity contribution >= 4 is 11.9 Å². The Morgan fingerprint density at radius 3 is 2.48 bits per heavy atom. The Labute approximate surface area is 182 Å². The Bertz CT molecular complexity index is 1020. The fourth-order valence-electron chi connectivity index (χ4n) is 3.81. The minimum atomic E-state index is -0.979. The Morgan fingerprint density at radius 1 is 1.13 bits per heavy atom. The van der Waals surface area contributed by atoms with Crippen molar-refractivity contribution in [2.24, 2.45) is 0 Å². The van der Waals surface area contributed by atoms with Gasteiger partial charge in [0, 0.05) is 12.7 Å². The van der Waals surface area contributed by atoms with Gasteiger partial charge in [0.25, 0.3) is 5.91 Å². The van der Waals surface area contributed by atoms with Crippen molar-refractivity contribution < 1.29 is 14.7 Å². The van der Waals surface area contributed by atoms with Crippen molar-refractivity contribution in [3.8, 4) is 6.07 Å². The van der Waals surface area contributed by atoms with Crippen LogP contribution >= 0.6 is 0 Å². The Hall–Kier alpha value is -3.59. The van der Waals surface area contributed by atoms with Crippen LogP contribution in [0.1, 0.15) is 64.8 Å². The maximum Gasteiger partial charge on any atom is 0.335 e. The lowest BCUT2D eigenvalue weighted by Crippen LogP contribution is -2.30. The monoisotopic (exact) mass is 417 g/mol. The number of carbonyl (C=O) groups is 2. The molecular formula is C25H27N3O3. The molecule has 160 valence electrons. The third-order valence-electron chi connectivity index (χ3n) is 5.61. The van der Waals surface area contributed by atoms with E-state index < -0.39 is 11.9 Å². The number of benzene rings is 2. The molecular weight excluding hydrogens is 390 g/mol. The number of nitrogens with one attached hydrogen (secondary N) is 2. The number of hydrogen-bond donors (Lipinski definition) is 3. The summed E-state index contributed by atoms with van der Waals surface area (Å²) in [6.45, 7) is 2.39. The van der Waals surface area contributed by atoms with Crippen LogP contribution in [0.5, 0.6) is 0 Å². The van der Waals surface area contributed by atoms with Gasteiger partial charge in [-0.25, -0.2) is 4.79 Å². The first-order valence-electron chi connectivity index (χ1n) is 10.6. The summed E-state index contributed by atoms with van der Waals surface area (Å²) in [7, 11) is 0. The molecule has 3 N–H and O–H groups in total. The van der Waals surface area contributed by atoms with Gasteiger partial charge in [-0.2, -0.15) is 5.26 Å². The number of aromatic carboxylic acids is 1. The number of nitriles is 1. The molecule has 0 spiro atoms. The van der Waals surface area contributed by atoms with Crippen molar-refractivity contribution in [1.82, 2.24) is 10.6 Å². The molecule has 0 saturated carbocycles. The molecule has 6 nitrogen and oxygen atoms in total. The summed E-state index contributed by atoms with van der Waals surface area (Å²) in [5, 5.41) is 24.3. The summed E-state index contributed by atoms with van der Waals surface area (Å²) >= 11 is 0. The average Bonchev–Trinajstić information content (AvgIpc) is 2.80. The zero-order chi connectivity index (χ0) is 22.2. The van der Waals surface area contributed by atoms with Crippen LogP contribution in [-0.2, 0) is 24.2 Å². The van der Waals surface area contributed by atoms with Crippen molar-refractivity contribution in [3.05, 3.63) is 82.1 Å². The molecule has 1 atom stereocenters. The molecule has 0 heterocycles. The van der Waals surface area contributed by atoms with Crippen molar-refractivity contribution in [2.75, 3.05) is 0 Å². The number of nitrogens with zero attached hydrogens (tertiary/aromatic N) is 1. The SMILES string of the molecule is CCC(NC(=O)/C(C#N)=C\NCc1ccc(C(=O)O)cc1)c1ccc2c(c1)CCCC2. The zero-order valence-corrected chi connectivity index (χ0v) is 17.6. The molecule has 2 aromatic rings. The predicted molar refractivity (Wildman–Crippen MR) is 118 cm³/mol. The second-order valence-corrected chi connectivity index (χ2v) is 7.72. The van der Waals surface area contributed by atoms with Crippen molar-refractivity contribution in [1.29, 1.82) is 5.26 Å². The van der Waals surface area contributed by atoms with E-state index in [0.717, 1.165) is 30.4 Å². The number of fused-ring (bicyclic) bond motifs is 1. The van der Waals surface area contributed by atoms with Gasteiger partial charge in [0.05, 0.1) is 11.6 Å². The summed E-state index contributed by atoms with van der Waals surface area (Å²) in [6.07, 6.45) is 6.75. The second-order valence-electron chi connectivity index (χ2n) is 7.72. The average molecular weight is 418 g/mol. The third kappa shape index (κ3) is 5.73.